The molecule has 6 nitrogen and oxygen atoms in total. The van der Waals surface area contributed by atoms with Crippen LogP contribution in [-0.2, 0) is 14.3 Å². The maximum Gasteiger partial charge on any atom is 0.316 e. The summed E-state index contributed by atoms with van der Waals surface area (Å²) in [5, 5.41) is 21.1. The van der Waals surface area contributed by atoms with Crippen LogP contribution in [0, 0.1) is 0 Å². The molecule has 0 unspecified atom stereocenters. The number of ether oxygens (including phenoxy) is 1. The lowest BCUT2D eigenvalue weighted by molar-refractivity contribution is -0.140. The van der Waals surface area contributed by atoms with Crippen LogP contribution < -0.4 is 5.32 Å². The highest BCUT2D eigenvalue weighted by Crippen LogP contribution is 2.21. The van der Waals surface area contributed by atoms with E-state index in [0.29, 0.717) is 0 Å². The quantitative estimate of drug-likeness (QED) is 0.342. The van der Waals surface area contributed by atoms with E-state index in [-0.39, 0.29) is 48.0 Å². The van der Waals surface area contributed by atoms with E-state index in [0.717, 1.165) is 9.79 Å². The van der Waals surface area contributed by atoms with Crippen molar-refractivity contribution in [3.8, 4) is 11.5 Å². The highest BCUT2D eigenvalue weighted by Gasteiger charge is 2.06. The third-order valence-electron chi connectivity index (χ3n) is 3.09. The molecule has 1 amide bonds. The molecule has 0 spiro atoms. The molecule has 26 heavy (non-hydrogen) atoms. The highest BCUT2D eigenvalue weighted by atomic mass is 32.2. The number of benzene rings is 2. The number of hydrogen-bond donors (Lipinski definition) is 3. The molecule has 0 heterocycles. The molecule has 2 aromatic carbocycles. The van der Waals surface area contributed by atoms with Gasteiger partial charge in [-0.15, -0.1) is 23.5 Å². The molecule has 0 aromatic heterocycles. The van der Waals surface area contributed by atoms with Crippen molar-refractivity contribution in [3.05, 3.63) is 48.5 Å². The van der Waals surface area contributed by atoms with Crippen LogP contribution in [0.25, 0.3) is 0 Å². The van der Waals surface area contributed by atoms with Crippen molar-refractivity contribution in [2.75, 3.05) is 24.7 Å². The lowest BCUT2D eigenvalue weighted by atomic mass is 10.3. The number of phenols is 2. The Labute approximate surface area is 159 Å². The number of nitrogens with one attached hydrogen (secondary N) is 1. The van der Waals surface area contributed by atoms with Gasteiger partial charge in [-0.1, -0.05) is 0 Å². The molecular weight excluding hydrogens is 374 g/mol. The fraction of sp³-hybridized carbons (Fsp3) is 0.222. The molecule has 2 rings (SSSR count). The van der Waals surface area contributed by atoms with Gasteiger partial charge in [-0.2, -0.15) is 0 Å². The Hall–Kier alpha value is -2.32. The number of esters is 1. The molecule has 0 atom stereocenters. The molecule has 138 valence electrons. The number of carbonyl (C=O) groups excluding carboxylic acids is 2. The van der Waals surface area contributed by atoms with E-state index in [2.05, 4.69) is 5.32 Å². The fourth-order valence-electron chi connectivity index (χ4n) is 1.82. The Balaban J connectivity index is 1.54. The summed E-state index contributed by atoms with van der Waals surface area (Å²) in [5.41, 5.74) is 0. The standard InChI is InChI=1S/C18H19NO5S2/c20-13-1-5-15(6-2-13)25-11-17(22)19-9-10-24-18(23)12-26-16-7-3-14(21)4-8-16/h1-8,20-21H,9-12H2,(H,19,22). The second-order valence-electron chi connectivity index (χ2n) is 5.14. The second kappa shape index (κ2) is 10.6. The molecule has 3 N–H and O–H groups in total. The van der Waals surface area contributed by atoms with Crippen molar-refractivity contribution in [1.29, 1.82) is 0 Å². The van der Waals surface area contributed by atoms with Crippen molar-refractivity contribution in [2.24, 2.45) is 0 Å². The normalized spacial score (nSPS) is 10.3. The summed E-state index contributed by atoms with van der Waals surface area (Å²) >= 11 is 2.67. The lowest BCUT2D eigenvalue weighted by Gasteiger charge is -2.07. The maximum atomic E-state index is 11.7. The van der Waals surface area contributed by atoms with Crippen molar-refractivity contribution >= 4 is 35.4 Å². The molecule has 0 aliphatic carbocycles. The van der Waals surface area contributed by atoms with Crippen LogP contribution in [0.1, 0.15) is 0 Å². The van der Waals surface area contributed by atoms with Gasteiger partial charge in [-0.3, -0.25) is 9.59 Å². The van der Waals surface area contributed by atoms with Crippen LogP contribution in [0.3, 0.4) is 0 Å². The predicted octanol–water partition coefficient (Wildman–Crippen LogP) is 2.64. The van der Waals surface area contributed by atoms with Crippen LogP contribution in [0.15, 0.2) is 58.3 Å². The molecule has 2 aromatic rings. The summed E-state index contributed by atoms with van der Waals surface area (Å²) in [6.07, 6.45) is 0. The van der Waals surface area contributed by atoms with Gasteiger partial charge in [0.25, 0.3) is 0 Å². The number of rotatable bonds is 9. The van der Waals surface area contributed by atoms with Crippen molar-refractivity contribution in [3.63, 3.8) is 0 Å². The minimum absolute atomic E-state index is 0.116. The summed E-state index contributed by atoms with van der Waals surface area (Å²) in [6, 6.07) is 13.2. The lowest BCUT2D eigenvalue weighted by Crippen LogP contribution is -2.29. The van der Waals surface area contributed by atoms with Crippen molar-refractivity contribution in [2.45, 2.75) is 9.79 Å². The maximum absolute atomic E-state index is 11.7. The average Bonchev–Trinajstić information content (AvgIpc) is 2.64. The van der Waals surface area contributed by atoms with Gasteiger partial charge < -0.3 is 20.3 Å². The number of amides is 1. The monoisotopic (exact) mass is 393 g/mol. The highest BCUT2D eigenvalue weighted by molar-refractivity contribution is 8.00. The molecule has 8 heteroatoms. The first-order valence-corrected chi connectivity index (χ1v) is 9.76. The van der Waals surface area contributed by atoms with Crippen molar-refractivity contribution < 1.29 is 24.5 Å². The zero-order valence-electron chi connectivity index (χ0n) is 13.9. The molecular formula is C18H19NO5S2. The molecule has 0 aliphatic rings. The summed E-state index contributed by atoms with van der Waals surface area (Å²) in [7, 11) is 0. The van der Waals surface area contributed by atoms with E-state index in [4.69, 9.17) is 4.74 Å². The topological polar surface area (TPSA) is 95.9 Å². The Morgan fingerprint density at radius 2 is 1.35 bits per heavy atom. The predicted molar refractivity (Wildman–Crippen MR) is 102 cm³/mol. The van der Waals surface area contributed by atoms with Crippen LogP contribution >= 0.6 is 23.5 Å². The van der Waals surface area contributed by atoms with Gasteiger partial charge in [0.2, 0.25) is 5.91 Å². The number of carbonyl (C=O) groups is 2. The van der Waals surface area contributed by atoms with Gasteiger partial charge in [0, 0.05) is 9.79 Å². The van der Waals surface area contributed by atoms with Crippen LogP contribution in [0.5, 0.6) is 11.5 Å². The molecule has 0 radical (unpaired) electrons. The summed E-state index contributed by atoms with van der Waals surface area (Å²) < 4.78 is 5.06. The fourth-order valence-corrected chi connectivity index (χ4v) is 3.25. The van der Waals surface area contributed by atoms with Gasteiger partial charge in [-0.25, -0.2) is 0 Å². The number of aromatic hydroxyl groups is 2. The smallest absolute Gasteiger partial charge is 0.316 e. The molecule has 0 aliphatic heterocycles. The molecule has 0 bridgehead atoms. The van der Waals surface area contributed by atoms with Crippen molar-refractivity contribution in [1.82, 2.24) is 5.32 Å². The number of thioether (sulfide) groups is 2. The summed E-state index contributed by atoms with van der Waals surface area (Å²) in [6.45, 7) is 0.370. The zero-order valence-corrected chi connectivity index (χ0v) is 15.5. The number of phenolic OH excluding ortho intramolecular Hbond substituents is 2. The minimum atomic E-state index is -0.365. The molecule has 0 saturated carbocycles. The van der Waals surface area contributed by atoms with Crippen LogP contribution in [0.4, 0.5) is 0 Å². The summed E-state index contributed by atoms with van der Waals surface area (Å²) in [4.78, 5) is 25.1. The van der Waals surface area contributed by atoms with Crippen LogP contribution in [0.2, 0.25) is 0 Å². The van der Waals surface area contributed by atoms with E-state index in [1.54, 1.807) is 48.5 Å². The van der Waals surface area contributed by atoms with E-state index >= 15 is 0 Å². The Bertz CT molecular complexity index is 656. The van der Waals surface area contributed by atoms with Gasteiger partial charge in [0.15, 0.2) is 0 Å². The third kappa shape index (κ3) is 7.71. The van der Waals surface area contributed by atoms with Gasteiger partial charge in [0.05, 0.1) is 18.1 Å². The van der Waals surface area contributed by atoms with Gasteiger partial charge in [-0.05, 0) is 48.5 Å². The zero-order chi connectivity index (χ0) is 18.8. The Kier molecular flexibility index (Phi) is 8.17. The van der Waals surface area contributed by atoms with Gasteiger partial charge >= 0.3 is 5.97 Å². The first-order valence-electron chi connectivity index (χ1n) is 7.79. The first kappa shape index (κ1) is 20.0. The Morgan fingerprint density at radius 3 is 1.88 bits per heavy atom. The first-order chi connectivity index (χ1) is 12.5. The third-order valence-corrected chi connectivity index (χ3v) is 5.08. The second-order valence-corrected chi connectivity index (χ2v) is 7.23. The summed E-state index contributed by atoms with van der Waals surface area (Å²) in [5.74, 6) is 0.249. The SMILES string of the molecule is O=C(CSc1ccc(O)cc1)NCCOC(=O)CSc1ccc(O)cc1. The number of hydrogen-bond acceptors (Lipinski definition) is 7. The van der Waals surface area contributed by atoms with Crippen LogP contribution in [-0.4, -0.2) is 46.7 Å². The molecule has 0 fully saturated rings. The van der Waals surface area contributed by atoms with E-state index < -0.39 is 0 Å². The van der Waals surface area contributed by atoms with E-state index in [9.17, 15) is 19.8 Å². The Morgan fingerprint density at radius 1 is 0.846 bits per heavy atom. The van der Waals surface area contributed by atoms with E-state index in [1.165, 1.54) is 23.5 Å². The van der Waals surface area contributed by atoms with Gasteiger partial charge in [0.1, 0.15) is 18.1 Å². The average molecular weight is 393 g/mol. The van der Waals surface area contributed by atoms with E-state index in [1.807, 2.05) is 0 Å². The minimum Gasteiger partial charge on any atom is -0.508 e. The largest absolute Gasteiger partial charge is 0.508 e. The molecule has 0 saturated heterocycles.